The number of aliphatic carboxylic acids is 1. The summed E-state index contributed by atoms with van der Waals surface area (Å²) in [6.07, 6.45) is 7.71. The zero-order valence-electron chi connectivity index (χ0n) is 13.7. The lowest BCUT2D eigenvalue weighted by Crippen LogP contribution is -2.33. The molecule has 0 atom stereocenters. The summed E-state index contributed by atoms with van der Waals surface area (Å²) in [4.78, 5) is 30.4. The molecule has 3 heterocycles. The predicted octanol–water partition coefficient (Wildman–Crippen LogP) is 1.98. The number of rotatable bonds is 5. The van der Waals surface area contributed by atoms with Gasteiger partial charge in [0.1, 0.15) is 11.6 Å². The van der Waals surface area contributed by atoms with Crippen LogP contribution in [-0.2, 0) is 11.2 Å². The molecule has 0 bridgehead atoms. The number of hydrogen-bond donors (Lipinski definition) is 1. The van der Waals surface area contributed by atoms with E-state index in [4.69, 9.17) is 5.11 Å². The van der Waals surface area contributed by atoms with Gasteiger partial charge in [-0.1, -0.05) is 0 Å². The Morgan fingerprint density at radius 1 is 1.29 bits per heavy atom. The maximum absolute atomic E-state index is 10.8. The lowest BCUT2D eigenvalue weighted by atomic mass is 9.92. The largest absolute Gasteiger partial charge is 0.481 e. The molecule has 3 rings (SSSR count). The van der Waals surface area contributed by atoms with Gasteiger partial charge in [-0.25, -0.2) is 15.0 Å². The first-order chi connectivity index (χ1) is 11.6. The molecule has 1 aliphatic rings. The van der Waals surface area contributed by atoms with Gasteiger partial charge in [-0.3, -0.25) is 9.78 Å². The van der Waals surface area contributed by atoms with Crippen molar-refractivity contribution in [1.29, 1.82) is 0 Å². The molecule has 2 aromatic rings. The van der Waals surface area contributed by atoms with E-state index in [2.05, 4.69) is 24.8 Å². The van der Waals surface area contributed by atoms with Crippen molar-refractivity contribution < 1.29 is 9.90 Å². The lowest BCUT2D eigenvalue weighted by molar-refractivity contribution is -0.136. The number of piperidine rings is 1. The second-order valence-electron chi connectivity index (χ2n) is 6.05. The number of carboxylic acids is 1. The van der Waals surface area contributed by atoms with E-state index in [9.17, 15) is 4.79 Å². The molecule has 0 saturated carbocycles. The van der Waals surface area contributed by atoms with Gasteiger partial charge in [0.2, 0.25) is 0 Å². The second kappa shape index (κ2) is 7.33. The van der Waals surface area contributed by atoms with E-state index < -0.39 is 5.97 Å². The average Bonchev–Trinajstić information content (AvgIpc) is 2.60. The van der Waals surface area contributed by atoms with E-state index in [1.165, 1.54) is 0 Å². The van der Waals surface area contributed by atoms with Crippen molar-refractivity contribution in [3.8, 4) is 0 Å². The van der Waals surface area contributed by atoms with Crippen molar-refractivity contribution in [1.82, 2.24) is 19.9 Å². The highest BCUT2D eigenvalue weighted by Gasteiger charge is 2.23. The molecule has 24 heavy (non-hydrogen) atoms. The fourth-order valence-electron chi connectivity index (χ4n) is 3.09. The Kier molecular flexibility index (Phi) is 4.98. The van der Waals surface area contributed by atoms with Crippen LogP contribution < -0.4 is 4.90 Å². The SMILES string of the molecule is Cc1nc(CCC(=O)O)cc(C2CCN(c3cnccn3)CC2)n1. The van der Waals surface area contributed by atoms with E-state index in [1.54, 1.807) is 18.6 Å². The van der Waals surface area contributed by atoms with Crippen LogP contribution >= 0.6 is 0 Å². The molecule has 0 amide bonds. The second-order valence-corrected chi connectivity index (χ2v) is 6.05. The van der Waals surface area contributed by atoms with Crippen molar-refractivity contribution in [3.05, 3.63) is 41.9 Å². The number of aromatic nitrogens is 4. The van der Waals surface area contributed by atoms with Crippen LogP contribution in [0.3, 0.4) is 0 Å². The van der Waals surface area contributed by atoms with Gasteiger partial charge in [0.05, 0.1) is 12.6 Å². The number of carbonyl (C=O) groups is 1. The Morgan fingerprint density at radius 3 is 2.75 bits per heavy atom. The molecule has 0 aliphatic carbocycles. The first-order valence-corrected chi connectivity index (χ1v) is 8.19. The molecule has 1 N–H and O–H groups in total. The van der Waals surface area contributed by atoms with E-state index in [1.807, 2.05) is 13.0 Å². The molecule has 0 spiro atoms. The van der Waals surface area contributed by atoms with Gasteiger partial charge < -0.3 is 10.0 Å². The number of aryl methyl sites for hydroxylation is 2. The Hall–Kier alpha value is -2.57. The summed E-state index contributed by atoms with van der Waals surface area (Å²) in [5.74, 6) is 1.20. The molecule has 126 valence electrons. The Labute approximate surface area is 140 Å². The summed E-state index contributed by atoms with van der Waals surface area (Å²) in [5, 5.41) is 8.84. The summed E-state index contributed by atoms with van der Waals surface area (Å²) in [5.41, 5.74) is 1.85. The normalized spacial score (nSPS) is 15.5. The molecule has 2 aromatic heterocycles. The third kappa shape index (κ3) is 4.04. The Bertz CT molecular complexity index is 699. The lowest BCUT2D eigenvalue weighted by Gasteiger charge is -2.32. The van der Waals surface area contributed by atoms with Crippen LogP contribution in [0, 0.1) is 6.92 Å². The van der Waals surface area contributed by atoms with Gasteiger partial charge in [-0.05, 0) is 25.8 Å². The summed E-state index contributed by atoms with van der Waals surface area (Å²) in [7, 11) is 0. The third-order valence-corrected chi connectivity index (χ3v) is 4.29. The highest BCUT2D eigenvalue weighted by atomic mass is 16.4. The van der Waals surface area contributed by atoms with E-state index in [0.717, 1.165) is 43.1 Å². The van der Waals surface area contributed by atoms with Crippen LogP contribution in [0.15, 0.2) is 24.7 Å². The fraction of sp³-hybridized carbons (Fsp3) is 0.471. The van der Waals surface area contributed by atoms with Gasteiger partial charge in [0.25, 0.3) is 0 Å². The summed E-state index contributed by atoms with van der Waals surface area (Å²) in [6.45, 7) is 3.69. The molecule has 1 fully saturated rings. The van der Waals surface area contributed by atoms with Gasteiger partial charge in [0.15, 0.2) is 0 Å². The van der Waals surface area contributed by atoms with Gasteiger partial charge >= 0.3 is 5.97 Å². The molecular formula is C17H21N5O2. The highest BCUT2D eigenvalue weighted by Crippen LogP contribution is 2.29. The minimum atomic E-state index is -0.801. The van der Waals surface area contributed by atoms with Gasteiger partial charge in [-0.15, -0.1) is 0 Å². The quantitative estimate of drug-likeness (QED) is 0.897. The minimum absolute atomic E-state index is 0.0982. The average molecular weight is 327 g/mol. The number of anilines is 1. The first-order valence-electron chi connectivity index (χ1n) is 8.19. The van der Waals surface area contributed by atoms with Crippen molar-refractivity contribution in [2.24, 2.45) is 0 Å². The standard InChI is InChI=1S/C17H21N5O2/c1-12-20-14(2-3-17(23)24)10-15(21-12)13-4-8-22(9-5-13)16-11-18-6-7-19-16/h6-7,10-11,13H,2-5,8-9H2,1H3,(H,23,24). The van der Waals surface area contributed by atoms with Crippen LogP contribution in [0.2, 0.25) is 0 Å². The molecule has 0 aromatic carbocycles. The first kappa shape index (κ1) is 16.3. The zero-order valence-corrected chi connectivity index (χ0v) is 13.7. The zero-order chi connectivity index (χ0) is 16.9. The number of carboxylic acid groups (broad SMARTS) is 1. The number of hydrogen-bond acceptors (Lipinski definition) is 6. The highest BCUT2D eigenvalue weighted by molar-refractivity contribution is 5.66. The van der Waals surface area contributed by atoms with Crippen LogP contribution in [0.1, 0.15) is 42.4 Å². The number of nitrogens with zero attached hydrogens (tertiary/aromatic N) is 5. The van der Waals surface area contributed by atoms with Gasteiger partial charge in [-0.2, -0.15) is 0 Å². The maximum Gasteiger partial charge on any atom is 0.303 e. The monoisotopic (exact) mass is 327 g/mol. The molecule has 7 nitrogen and oxygen atoms in total. The summed E-state index contributed by atoms with van der Waals surface area (Å²) < 4.78 is 0. The molecule has 1 aliphatic heterocycles. The fourth-order valence-corrected chi connectivity index (χ4v) is 3.09. The van der Waals surface area contributed by atoms with Gasteiger partial charge in [0, 0.05) is 49.2 Å². The topological polar surface area (TPSA) is 92.1 Å². The van der Waals surface area contributed by atoms with E-state index in [0.29, 0.717) is 18.2 Å². The van der Waals surface area contributed by atoms with Crippen LogP contribution in [-0.4, -0.2) is 44.1 Å². The smallest absolute Gasteiger partial charge is 0.303 e. The van der Waals surface area contributed by atoms with E-state index >= 15 is 0 Å². The van der Waals surface area contributed by atoms with Crippen molar-refractivity contribution in [2.75, 3.05) is 18.0 Å². The van der Waals surface area contributed by atoms with Crippen LogP contribution in [0.25, 0.3) is 0 Å². The Morgan fingerprint density at radius 2 is 2.08 bits per heavy atom. The molecule has 0 unspecified atom stereocenters. The van der Waals surface area contributed by atoms with Crippen molar-refractivity contribution >= 4 is 11.8 Å². The molecule has 7 heteroatoms. The molecule has 1 saturated heterocycles. The third-order valence-electron chi connectivity index (χ3n) is 4.29. The molecule has 0 radical (unpaired) electrons. The van der Waals surface area contributed by atoms with Crippen molar-refractivity contribution in [3.63, 3.8) is 0 Å². The summed E-state index contributed by atoms with van der Waals surface area (Å²) >= 11 is 0. The van der Waals surface area contributed by atoms with Crippen molar-refractivity contribution in [2.45, 2.75) is 38.5 Å². The minimum Gasteiger partial charge on any atom is -0.481 e. The summed E-state index contributed by atoms with van der Waals surface area (Å²) in [6, 6.07) is 1.97. The Balaban J connectivity index is 1.66. The van der Waals surface area contributed by atoms with E-state index in [-0.39, 0.29) is 6.42 Å². The maximum atomic E-state index is 10.8. The molecular weight excluding hydrogens is 306 g/mol. The predicted molar refractivity (Wildman–Crippen MR) is 88.9 cm³/mol. The van der Waals surface area contributed by atoms with Crippen LogP contribution in [0.5, 0.6) is 0 Å². The van der Waals surface area contributed by atoms with Crippen LogP contribution in [0.4, 0.5) is 5.82 Å².